The van der Waals surface area contributed by atoms with E-state index in [-0.39, 0.29) is 18.6 Å². The van der Waals surface area contributed by atoms with Crippen LogP contribution in [-0.4, -0.2) is 18.6 Å². The molecule has 0 aliphatic heterocycles. The number of carbonyl (C=O) groups excluding carboxylic acids is 1. The summed E-state index contributed by atoms with van der Waals surface area (Å²) >= 11 is 0. The highest BCUT2D eigenvalue weighted by molar-refractivity contribution is 5.77. The second kappa shape index (κ2) is 6.57. The third-order valence-corrected chi connectivity index (χ3v) is 3.50. The summed E-state index contributed by atoms with van der Waals surface area (Å²) < 4.78 is 5.46. The van der Waals surface area contributed by atoms with Gasteiger partial charge in [-0.3, -0.25) is 4.79 Å². The molecule has 1 amide bonds. The molecule has 2 rings (SSSR count). The van der Waals surface area contributed by atoms with Crippen molar-refractivity contribution in [3.8, 4) is 5.75 Å². The summed E-state index contributed by atoms with van der Waals surface area (Å²) in [5.74, 6) is 0.661. The summed E-state index contributed by atoms with van der Waals surface area (Å²) in [5.41, 5.74) is 6.83. The van der Waals surface area contributed by atoms with Crippen LogP contribution in [0.5, 0.6) is 5.75 Å². The molecule has 19 heavy (non-hydrogen) atoms. The molecule has 0 bridgehead atoms. The van der Waals surface area contributed by atoms with Gasteiger partial charge in [0, 0.05) is 12.1 Å². The SMILES string of the molecule is C[C@H](N)c1ccc(OCC(=O)NC2CCCC2)cc1. The Bertz CT molecular complexity index is 409. The molecular weight excluding hydrogens is 240 g/mol. The van der Waals surface area contributed by atoms with Gasteiger partial charge in [-0.25, -0.2) is 0 Å². The van der Waals surface area contributed by atoms with Gasteiger partial charge in [-0.2, -0.15) is 0 Å². The number of rotatable bonds is 5. The molecule has 0 aromatic heterocycles. The number of amides is 1. The number of hydrogen-bond acceptors (Lipinski definition) is 3. The Morgan fingerprint density at radius 2 is 2.00 bits per heavy atom. The lowest BCUT2D eigenvalue weighted by Crippen LogP contribution is -2.36. The van der Waals surface area contributed by atoms with Crippen molar-refractivity contribution in [1.82, 2.24) is 5.32 Å². The third kappa shape index (κ3) is 4.24. The lowest BCUT2D eigenvalue weighted by Gasteiger charge is -2.13. The van der Waals surface area contributed by atoms with Gasteiger partial charge < -0.3 is 15.8 Å². The fraction of sp³-hybridized carbons (Fsp3) is 0.533. The maximum Gasteiger partial charge on any atom is 0.258 e. The van der Waals surface area contributed by atoms with E-state index >= 15 is 0 Å². The van der Waals surface area contributed by atoms with Gasteiger partial charge in [0.2, 0.25) is 0 Å². The smallest absolute Gasteiger partial charge is 0.258 e. The van der Waals surface area contributed by atoms with Crippen molar-refractivity contribution in [1.29, 1.82) is 0 Å². The van der Waals surface area contributed by atoms with E-state index in [1.54, 1.807) is 0 Å². The maximum absolute atomic E-state index is 11.7. The molecule has 1 aromatic carbocycles. The number of nitrogens with one attached hydrogen (secondary N) is 1. The van der Waals surface area contributed by atoms with E-state index in [4.69, 9.17) is 10.5 Å². The molecule has 104 valence electrons. The van der Waals surface area contributed by atoms with E-state index in [1.165, 1.54) is 12.8 Å². The molecule has 3 N–H and O–H groups in total. The van der Waals surface area contributed by atoms with Crippen LogP contribution in [0.25, 0.3) is 0 Å². The van der Waals surface area contributed by atoms with Crippen molar-refractivity contribution in [3.05, 3.63) is 29.8 Å². The Morgan fingerprint density at radius 1 is 1.37 bits per heavy atom. The second-order valence-corrected chi connectivity index (χ2v) is 5.20. The van der Waals surface area contributed by atoms with Gasteiger partial charge in [-0.05, 0) is 37.5 Å². The quantitative estimate of drug-likeness (QED) is 0.854. The summed E-state index contributed by atoms with van der Waals surface area (Å²) in [5, 5.41) is 2.99. The number of ether oxygens (including phenoxy) is 1. The van der Waals surface area contributed by atoms with Crippen LogP contribution in [0.1, 0.15) is 44.2 Å². The molecule has 1 saturated carbocycles. The minimum absolute atomic E-state index is 0.0136. The van der Waals surface area contributed by atoms with E-state index < -0.39 is 0 Å². The Labute approximate surface area is 114 Å². The molecule has 1 aliphatic rings. The zero-order chi connectivity index (χ0) is 13.7. The molecule has 4 nitrogen and oxygen atoms in total. The predicted octanol–water partition coefficient (Wildman–Crippen LogP) is 2.14. The number of hydrogen-bond donors (Lipinski definition) is 2. The van der Waals surface area contributed by atoms with Crippen LogP contribution in [0, 0.1) is 0 Å². The highest BCUT2D eigenvalue weighted by Gasteiger charge is 2.17. The van der Waals surface area contributed by atoms with E-state index in [0.717, 1.165) is 18.4 Å². The first kappa shape index (κ1) is 13.9. The summed E-state index contributed by atoms with van der Waals surface area (Å²) in [4.78, 5) is 11.7. The molecule has 0 spiro atoms. The molecule has 1 aliphatic carbocycles. The fourth-order valence-electron chi connectivity index (χ4n) is 2.36. The lowest BCUT2D eigenvalue weighted by atomic mass is 10.1. The first-order chi connectivity index (χ1) is 9.15. The Morgan fingerprint density at radius 3 is 2.58 bits per heavy atom. The predicted molar refractivity (Wildman–Crippen MR) is 74.9 cm³/mol. The largest absolute Gasteiger partial charge is 0.484 e. The minimum atomic E-state index is -0.0387. The standard InChI is InChI=1S/C15H22N2O2/c1-11(16)12-6-8-14(9-7-12)19-10-15(18)17-13-4-2-3-5-13/h6-9,11,13H,2-5,10,16H2,1H3,(H,17,18)/t11-/m0/s1. The van der Waals surface area contributed by atoms with Gasteiger partial charge in [0.15, 0.2) is 6.61 Å². The Kier molecular flexibility index (Phi) is 4.80. The van der Waals surface area contributed by atoms with Gasteiger partial charge in [0.25, 0.3) is 5.91 Å². The van der Waals surface area contributed by atoms with Gasteiger partial charge in [0.1, 0.15) is 5.75 Å². The minimum Gasteiger partial charge on any atom is -0.484 e. The summed E-state index contributed by atoms with van der Waals surface area (Å²) in [7, 11) is 0. The average Bonchev–Trinajstić information content (AvgIpc) is 2.89. The van der Waals surface area contributed by atoms with Crippen molar-refractivity contribution in [2.45, 2.75) is 44.7 Å². The van der Waals surface area contributed by atoms with Crippen molar-refractivity contribution in [2.24, 2.45) is 5.73 Å². The van der Waals surface area contributed by atoms with Crippen LogP contribution in [0.3, 0.4) is 0 Å². The van der Waals surface area contributed by atoms with E-state index in [1.807, 2.05) is 31.2 Å². The number of nitrogens with two attached hydrogens (primary N) is 1. The molecular formula is C15H22N2O2. The van der Waals surface area contributed by atoms with Crippen molar-refractivity contribution >= 4 is 5.91 Å². The molecule has 0 heterocycles. The van der Waals surface area contributed by atoms with Gasteiger partial charge >= 0.3 is 0 Å². The highest BCUT2D eigenvalue weighted by atomic mass is 16.5. The summed E-state index contributed by atoms with van der Waals surface area (Å²) in [6.45, 7) is 2.01. The average molecular weight is 262 g/mol. The van der Waals surface area contributed by atoms with Crippen LogP contribution in [0.2, 0.25) is 0 Å². The molecule has 0 unspecified atom stereocenters. The van der Waals surface area contributed by atoms with Gasteiger partial charge in [-0.1, -0.05) is 25.0 Å². The zero-order valence-corrected chi connectivity index (χ0v) is 11.4. The number of benzene rings is 1. The molecule has 0 saturated heterocycles. The first-order valence-corrected chi connectivity index (χ1v) is 6.93. The molecule has 4 heteroatoms. The second-order valence-electron chi connectivity index (χ2n) is 5.20. The van der Waals surface area contributed by atoms with Crippen molar-refractivity contribution in [2.75, 3.05) is 6.61 Å². The van der Waals surface area contributed by atoms with Crippen LogP contribution in [-0.2, 0) is 4.79 Å². The van der Waals surface area contributed by atoms with E-state index in [9.17, 15) is 4.79 Å². The highest BCUT2D eigenvalue weighted by Crippen LogP contribution is 2.18. The fourth-order valence-corrected chi connectivity index (χ4v) is 2.36. The van der Waals surface area contributed by atoms with Gasteiger partial charge in [-0.15, -0.1) is 0 Å². The van der Waals surface area contributed by atoms with E-state index in [0.29, 0.717) is 11.8 Å². The summed E-state index contributed by atoms with van der Waals surface area (Å²) in [6.07, 6.45) is 4.61. The molecule has 1 atom stereocenters. The molecule has 1 aromatic rings. The first-order valence-electron chi connectivity index (χ1n) is 6.93. The van der Waals surface area contributed by atoms with Crippen LogP contribution in [0.4, 0.5) is 0 Å². The molecule has 0 radical (unpaired) electrons. The maximum atomic E-state index is 11.7. The third-order valence-electron chi connectivity index (χ3n) is 3.50. The number of carbonyl (C=O) groups is 1. The van der Waals surface area contributed by atoms with E-state index in [2.05, 4.69) is 5.32 Å². The molecule has 1 fully saturated rings. The lowest BCUT2D eigenvalue weighted by molar-refractivity contribution is -0.123. The van der Waals surface area contributed by atoms with Crippen LogP contribution in [0.15, 0.2) is 24.3 Å². The Balaban J connectivity index is 1.76. The zero-order valence-electron chi connectivity index (χ0n) is 11.4. The van der Waals surface area contributed by atoms with Crippen LogP contribution < -0.4 is 15.8 Å². The topological polar surface area (TPSA) is 64.3 Å². The monoisotopic (exact) mass is 262 g/mol. The normalized spacial score (nSPS) is 17.2. The van der Waals surface area contributed by atoms with Gasteiger partial charge in [0.05, 0.1) is 0 Å². The van der Waals surface area contributed by atoms with Crippen LogP contribution >= 0.6 is 0 Å². The Hall–Kier alpha value is -1.55. The van der Waals surface area contributed by atoms with Crippen molar-refractivity contribution in [3.63, 3.8) is 0 Å². The van der Waals surface area contributed by atoms with Crippen molar-refractivity contribution < 1.29 is 9.53 Å². The summed E-state index contributed by atoms with van der Waals surface area (Å²) in [6, 6.07) is 7.91.